The van der Waals surface area contributed by atoms with Gasteiger partial charge in [0.2, 0.25) is 16.8 Å². The van der Waals surface area contributed by atoms with Crippen LogP contribution in [0.2, 0.25) is 0 Å². The normalized spacial score (nSPS) is 19.7. The van der Waals surface area contributed by atoms with Crippen LogP contribution in [-0.4, -0.2) is 51.3 Å². The summed E-state index contributed by atoms with van der Waals surface area (Å²) in [4.78, 5) is 11.5. The van der Waals surface area contributed by atoms with Crippen LogP contribution in [0.3, 0.4) is 0 Å². The lowest BCUT2D eigenvalue weighted by molar-refractivity contribution is -0.134. The lowest BCUT2D eigenvalue weighted by atomic mass is 10.2. The highest BCUT2D eigenvalue weighted by Gasteiger charge is 2.41. The molecule has 8 nitrogen and oxygen atoms in total. The largest absolute Gasteiger partial charge is 0.466 e. The minimum atomic E-state index is -3.78. The molecule has 0 radical (unpaired) electrons. The first-order chi connectivity index (χ1) is 14.9. The van der Waals surface area contributed by atoms with Crippen LogP contribution in [0.25, 0.3) is 0 Å². The van der Waals surface area contributed by atoms with Gasteiger partial charge in [-0.1, -0.05) is 23.8 Å². The SMILES string of the molecule is COC(=O)/C=C/C1OC1CN(Cc1ccc2c(c1)OCO2)S(=O)(=O)c1ccc(C)cc1. The van der Waals surface area contributed by atoms with Crippen molar-refractivity contribution in [2.75, 3.05) is 20.4 Å². The summed E-state index contributed by atoms with van der Waals surface area (Å²) >= 11 is 0. The predicted octanol–water partition coefficient (Wildman–Crippen LogP) is 2.41. The van der Waals surface area contributed by atoms with Crippen molar-refractivity contribution in [1.82, 2.24) is 4.31 Å². The van der Waals surface area contributed by atoms with E-state index in [0.717, 1.165) is 11.1 Å². The van der Waals surface area contributed by atoms with E-state index in [1.54, 1.807) is 42.5 Å². The molecule has 0 N–H and O–H groups in total. The molecule has 2 heterocycles. The Hall–Kier alpha value is -2.88. The van der Waals surface area contributed by atoms with E-state index in [4.69, 9.17) is 14.2 Å². The summed E-state index contributed by atoms with van der Waals surface area (Å²) in [5.41, 5.74) is 1.74. The molecular formula is C22H23NO7S. The van der Waals surface area contributed by atoms with Crippen molar-refractivity contribution in [2.24, 2.45) is 0 Å². The third-order valence-electron chi connectivity index (χ3n) is 5.08. The number of carbonyl (C=O) groups is 1. The lowest BCUT2D eigenvalue weighted by Crippen LogP contribution is -2.34. The maximum absolute atomic E-state index is 13.4. The van der Waals surface area contributed by atoms with Crippen LogP contribution < -0.4 is 9.47 Å². The van der Waals surface area contributed by atoms with Crippen molar-refractivity contribution >= 4 is 16.0 Å². The Kier molecular flexibility index (Phi) is 5.99. The molecule has 1 saturated heterocycles. The summed E-state index contributed by atoms with van der Waals surface area (Å²) in [6.45, 7) is 2.33. The van der Waals surface area contributed by atoms with Gasteiger partial charge in [-0.3, -0.25) is 0 Å². The Balaban J connectivity index is 1.56. The van der Waals surface area contributed by atoms with E-state index >= 15 is 0 Å². The van der Waals surface area contributed by atoms with Crippen molar-refractivity contribution in [3.8, 4) is 11.5 Å². The molecule has 2 aliphatic rings. The first kappa shape index (κ1) is 21.4. The number of methoxy groups -OCH3 is 1. The Morgan fingerprint density at radius 1 is 1.16 bits per heavy atom. The van der Waals surface area contributed by atoms with E-state index in [1.165, 1.54) is 17.5 Å². The number of benzene rings is 2. The van der Waals surface area contributed by atoms with Crippen LogP contribution in [0.1, 0.15) is 11.1 Å². The molecule has 2 aromatic rings. The van der Waals surface area contributed by atoms with Gasteiger partial charge in [-0.15, -0.1) is 0 Å². The highest BCUT2D eigenvalue weighted by atomic mass is 32.2. The molecule has 2 atom stereocenters. The second-order valence-electron chi connectivity index (χ2n) is 7.32. The molecule has 2 unspecified atom stereocenters. The second kappa shape index (κ2) is 8.70. The topological polar surface area (TPSA) is 94.7 Å². The van der Waals surface area contributed by atoms with E-state index in [2.05, 4.69) is 4.74 Å². The first-order valence-electron chi connectivity index (χ1n) is 9.74. The second-order valence-corrected chi connectivity index (χ2v) is 9.26. The molecule has 9 heteroatoms. The van der Waals surface area contributed by atoms with Crippen molar-refractivity contribution in [2.45, 2.75) is 30.6 Å². The Morgan fingerprint density at radius 2 is 1.90 bits per heavy atom. The van der Waals surface area contributed by atoms with Crippen LogP contribution in [0.5, 0.6) is 11.5 Å². The van der Waals surface area contributed by atoms with E-state index in [-0.39, 0.29) is 37.0 Å². The quantitative estimate of drug-likeness (QED) is 0.350. The fourth-order valence-electron chi connectivity index (χ4n) is 3.26. The van der Waals surface area contributed by atoms with Crippen LogP contribution in [0, 0.1) is 6.92 Å². The maximum Gasteiger partial charge on any atom is 0.330 e. The zero-order chi connectivity index (χ0) is 22.0. The van der Waals surface area contributed by atoms with Gasteiger partial charge < -0.3 is 18.9 Å². The molecule has 2 aliphatic heterocycles. The summed E-state index contributed by atoms with van der Waals surface area (Å²) in [6.07, 6.45) is 2.16. The zero-order valence-electron chi connectivity index (χ0n) is 17.2. The number of nitrogens with zero attached hydrogens (tertiary/aromatic N) is 1. The molecule has 0 saturated carbocycles. The highest BCUT2D eigenvalue weighted by molar-refractivity contribution is 7.89. The third kappa shape index (κ3) is 4.90. The fourth-order valence-corrected chi connectivity index (χ4v) is 4.71. The average molecular weight is 445 g/mol. The third-order valence-corrected chi connectivity index (χ3v) is 6.91. The van der Waals surface area contributed by atoms with E-state index in [1.807, 2.05) is 13.0 Å². The number of aryl methyl sites for hydroxylation is 1. The minimum Gasteiger partial charge on any atom is -0.466 e. The number of sulfonamides is 1. The number of esters is 1. The van der Waals surface area contributed by atoms with Gasteiger partial charge in [0.05, 0.1) is 12.0 Å². The number of carbonyl (C=O) groups excluding carboxylic acids is 1. The fraction of sp³-hybridized carbons (Fsp3) is 0.318. The zero-order valence-corrected chi connectivity index (χ0v) is 18.0. The summed E-state index contributed by atoms with van der Waals surface area (Å²) in [6, 6.07) is 12.1. The number of hydrogen-bond acceptors (Lipinski definition) is 7. The van der Waals surface area contributed by atoms with E-state index in [9.17, 15) is 13.2 Å². The van der Waals surface area contributed by atoms with Crippen LogP contribution in [0.4, 0.5) is 0 Å². The smallest absolute Gasteiger partial charge is 0.330 e. The van der Waals surface area contributed by atoms with Gasteiger partial charge in [0.1, 0.15) is 12.2 Å². The number of rotatable bonds is 8. The van der Waals surface area contributed by atoms with Crippen molar-refractivity contribution in [3.05, 3.63) is 65.7 Å². The van der Waals surface area contributed by atoms with Gasteiger partial charge in [-0.25, -0.2) is 13.2 Å². The van der Waals surface area contributed by atoms with Crippen LogP contribution >= 0.6 is 0 Å². The Labute approximate surface area is 181 Å². The monoisotopic (exact) mass is 445 g/mol. The molecule has 4 rings (SSSR count). The molecule has 0 amide bonds. The average Bonchev–Trinajstić information content (AvgIpc) is 3.33. The summed E-state index contributed by atoms with van der Waals surface area (Å²) in [5.74, 6) is 0.737. The van der Waals surface area contributed by atoms with Crippen LogP contribution in [0.15, 0.2) is 59.5 Å². The van der Waals surface area contributed by atoms with Gasteiger partial charge in [0, 0.05) is 19.2 Å². The molecule has 31 heavy (non-hydrogen) atoms. The first-order valence-corrected chi connectivity index (χ1v) is 11.2. The highest BCUT2D eigenvalue weighted by Crippen LogP contribution is 2.34. The number of epoxide rings is 1. The molecule has 1 fully saturated rings. The summed E-state index contributed by atoms with van der Waals surface area (Å²) < 4.78 is 49.0. The summed E-state index contributed by atoms with van der Waals surface area (Å²) in [5, 5.41) is 0. The molecule has 0 aliphatic carbocycles. The van der Waals surface area contributed by atoms with Crippen molar-refractivity contribution in [1.29, 1.82) is 0 Å². The van der Waals surface area contributed by atoms with Crippen LogP contribution in [-0.2, 0) is 30.8 Å². The number of hydrogen-bond donors (Lipinski definition) is 0. The van der Waals surface area contributed by atoms with E-state index in [0.29, 0.717) is 11.5 Å². The molecule has 2 aromatic carbocycles. The number of fused-ring (bicyclic) bond motifs is 1. The minimum absolute atomic E-state index is 0.139. The molecule has 0 bridgehead atoms. The maximum atomic E-state index is 13.4. The van der Waals surface area contributed by atoms with Gasteiger partial charge in [0.15, 0.2) is 11.5 Å². The number of ether oxygens (including phenoxy) is 4. The van der Waals surface area contributed by atoms with Gasteiger partial charge in [-0.05, 0) is 42.8 Å². The molecule has 0 spiro atoms. The summed E-state index contributed by atoms with van der Waals surface area (Å²) in [7, 11) is -2.49. The molecular weight excluding hydrogens is 422 g/mol. The van der Waals surface area contributed by atoms with Crippen molar-refractivity contribution < 1.29 is 32.2 Å². The van der Waals surface area contributed by atoms with Gasteiger partial charge >= 0.3 is 5.97 Å². The van der Waals surface area contributed by atoms with Crippen molar-refractivity contribution in [3.63, 3.8) is 0 Å². The Morgan fingerprint density at radius 3 is 2.65 bits per heavy atom. The molecule has 164 valence electrons. The van der Waals surface area contributed by atoms with Gasteiger partial charge in [-0.2, -0.15) is 4.31 Å². The molecule has 0 aromatic heterocycles. The van der Waals surface area contributed by atoms with E-state index < -0.39 is 16.0 Å². The predicted molar refractivity (Wildman–Crippen MR) is 111 cm³/mol. The van der Waals surface area contributed by atoms with Gasteiger partial charge in [0.25, 0.3) is 0 Å². The Bertz CT molecular complexity index is 1100. The lowest BCUT2D eigenvalue weighted by Gasteiger charge is -2.22. The standard InChI is InChI=1S/C22H23NO7S/c1-15-3-6-17(7-4-15)31(25,26)23(13-21-19(30-21)9-10-22(24)27-2)12-16-5-8-18-20(11-16)29-14-28-18/h3-11,19,21H,12-14H2,1-2H3/b10-9+.